The van der Waals surface area contributed by atoms with E-state index < -0.39 is 16.6 Å². The quantitative estimate of drug-likeness (QED) is 0.761. The predicted molar refractivity (Wildman–Crippen MR) is 109 cm³/mol. The highest BCUT2D eigenvalue weighted by atomic mass is 32.2. The van der Waals surface area contributed by atoms with Crippen molar-refractivity contribution in [3.8, 4) is 5.75 Å². The van der Waals surface area contributed by atoms with Gasteiger partial charge in [-0.15, -0.1) is 10.5 Å². The standard InChI is InChI=1S/C19H20N4O4S/c20-18-22-17(24)11-28(18)10-12-1-2-15-14(9-12)16(3-6-21-15)27-13-4-7-23(8-5-13)19(25)26/h1-3,6,9-10,13H,4-5,7-8,11H2,(H,25,26)(H2,20,22,24). The number of aromatic nitrogens is 1. The number of aliphatic imine (C=N–C) groups is 1. The lowest BCUT2D eigenvalue weighted by Gasteiger charge is -2.30. The summed E-state index contributed by atoms with van der Waals surface area (Å²) in [4.78, 5) is 32.1. The van der Waals surface area contributed by atoms with Crippen LogP contribution in [-0.2, 0) is 4.79 Å². The van der Waals surface area contributed by atoms with E-state index in [1.54, 1.807) is 6.20 Å². The van der Waals surface area contributed by atoms with Gasteiger partial charge in [0.15, 0.2) is 5.17 Å². The Kier molecular flexibility index (Phi) is 4.99. The molecule has 1 saturated heterocycles. The average molecular weight is 400 g/mol. The van der Waals surface area contributed by atoms with Crippen LogP contribution in [0.4, 0.5) is 4.79 Å². The highest BCUT2D eigenvalue weighted by Gasteiger charge is 2.24. The van der Waals surface area contributed by atoms with Crippen LogP contribution in [0.1, 0.15) is 18.4 Å². The molecule has 3 heterocycles. The number of nitrogens with two attached hydrogens (primary N) is 1. The molecule has 1 aromatic carbocycles. The van der Waals surface area contributed by atoms with Gasteiger partial charge in [-0.1, -0.05) is 6.07 Å². The van der Waals surface area contributed by atoms with Crippen LogP contribution >= 0.6 is 10.5 Å². The van der Waals surface area contributed by atoms with Gasteiger partial charge in [-0.2, -0.15) is 4.99 Å². The summed E-state index contributed by atoms with van der Waals surface area (Å²) in [5, 5.41) is 12.3. The van der Waals surface area contributed by atoms with Crippen molar-refractivity contribution in [2.75, 3.05) is 18.8 Å². The molecule has 1 aromatic heterocycles. The fraction of sp³-hybridized carbons (Fsp3) is 0.316. The van der Waals surface area contributed by atoms with E-state index in [0.717, 1.165) is 22.2 Å². The van der Waals surface area contributed by atoms with Gasteiger partial charge in [0.1, 0.15) is 11.9 Å². The zero-order valence-electron chi connectivity index (χ0n) is 15.1. The van der Waals surface area contributed by atoms with Gasteiger partial charge in [0, 0.05) is 37.5 Å². The molecule has 3 N–H and O–H groups in total. The first kappa shape index (κ1) is 18.4. The molecule has 146 valence electrons. The van der Waals surface area contributed by atoms with Crippen LogP contribution in [0, 0.1) is 0 Å². The minimum Gasteiger partial charge on any atom is -0.490 e. The summed E-state index contributed by atoms with van der Waals surface area (Å²) in [5.74, 6) is 0.861. The summed E-state index contributed by atoms with van der Waals surface area (Å²) in [6, 6.07) is 7.66. The number of carbonyl (C=O) groups excluding carboxylic acids is 1. The fourth-order valence-corrected chi connectivity index (χ4v) is 4.72. The number of piperidine rings is 1. The van der Waals surface area contributed by atoms with E-state index in [9.17, 15) is 9.59 Å². The van der Waals surface area contributed by atoms with Crippen LogP contribution in [0.2, 0.25) is 0 Å². The van der Waals surface area contributed by atoms with Gasteiger partial charge in [0.2, 0.25) is 0 Å². The number of hydrogen-bond donors (Lipinski definition) is 2. The number of carbonyl (C=O) groups is 2. The monoisotopic (exact) mass is 400 g/mol. The molecular formula is C19H20N4O4S. The van der Waals surface area contributed by atoms with Crippen molar-refractivity contribution in [3.63, 3.8) is 0 Å². The Labute approximate surface area is 163 Å². The maximum Gasteiger partial charge on any atom is 0.407 e. The summed E-state index contributed by atoms with van der Waals surface area (Å²) in [6.07, 6.45) is 2.09. The Hall–Kier alpha value is -2.94. The van der Waals surface area contributed by atoms with Gasteiger partial charge >= 0.3 is 6.09 Å². The number of pyridine rings is 1. The molecule has 0 aliphatic carbocycles. The van der Waals surface area contributed by atoms with E-state index in [1.165, 1.54) is 4.90 Å². The third-order valence-corrected chi connectivity index (χ3v) is 6.54. The molecule has 1 fully saturated rings. The van der Waals surface area contributed by atoms with E-state index in [4.69, 9.17) is 15.6 Å². The van der Waals surface area contributed by atoms with E-state index in [1.807, 2.05) is 29.6 Å². The Bertz CT molecular complexity index is 1010. The molecule has 28 heavy (non-hydrogen) atoms. The topological polar surface area (TPSA) is 118 Å². The molecule has 1 atom stereocenters. The van der Waals surface area contributed by atoms with E-state index in [-0.39, 0.29) is 12.0 Å². The molecule has 2 amide bonds. The lowest BCUT2D eigenvalue weighted by molar-refractivity contribution is -0.115. The number of rotatable bonds is 3. The number of ether oxygens (including phenoxy) is 1. The van der Waals surface area contributed by atoms with Crippen molar-refractivity contribution >= 4 is 43.9 Å². The van der Waals surface area contributed by atoms with E-state index in [0.29, 0.717) is 36.9 Å². The minimum absolute atomic E-state index is 0.0362. The van der Waals surface area contributed by atoms with Gasteiger partial charge < -0.3 is 20.5 Å². The Balaban J connectivity index is 1.58. The first-order chi connectivity index (χ1) is 13.5. The number of likely N-dealkylation sites (tertiary alicyclic amines) is 1. The van der Waals surface area contributed by atoms with Gasteiger partial charge in [-0.3, -0.25) is 9.78 Å². The molecule has 2 aromatic rings. The van der Waals surface area contributed by atoms with Gasteiger partial charge in [-0.05, 0) is 29.1 Å². The van der Waals surface area contributed by atoms with Gasteiger partial charge in [0.05, 0.1) is 11.3 Å². The molecule has 8 nitrogen and oxygen atoms in total. The first-order valence-corrected chi connectivity index (χ1v) is 10.4. The number of hydrogen-bond acceptors (Lipinski definition) is 5. The average Bonchev–Trinajstić information content (AvgIpc) is 2.99. The zero-order valence-corrected chi connectivity index (χ0v) is 15.9. The van der Waals surface area contributed by atoms with Crippen LogP contribution < -0.4 is 10.5 Å². The summed E-state index contributed by atoms with van der Waals surface area (Å²) < 4.78 is 6.19. The smallest absolute Gasteiger partial charge is 0.407 e. The highest BCUT2D eigenvalue weighted by Crippen LogP contribution is 2.29. The van der Waals surface area contributed by atoms with Crippen LogP contribution in [0.3, 0.4) is 0 Å². The third-order valence-electron chi connectivity index (χ3n) is 4.79. The lowest BCUT2D eigenvalue weighted by Crippen LogP contribution is -2.41. The van der Waals surface area contributed by atoms with E-state index in [2.05, 4.69) is 9.98 Å². The minimum atomic E-state index is -0.887. The molecule has 0 bridgehead atoms. The molecule has 2 aliphatic rings. The Morgan fingerprint density at radius 1 is 1.32 bits per heavy atom. The molecule has 0 saturated carbocycles. The van der Waals surface area contributed by atoms with Gasteiger partial charge in [0.25, 0.3) is 5.91 Å². The van der Waals surface area contributed by atoms with Crippen LogP contribution in [0.25, 0.3) is 10.9 Å². The summed E-state index contributed by atoms with van der Waals surface area (Å²) >= 11 is 0. The summed E-state index contributed by atoms with van der Waals surface area (Å²) in [7, 11) is -0.487. The van der Waals surface area contributed by atoms with Gasteiger partial charge in [-0.25, -0.2) is 4.79 Å². The number of amides is 2. The Morgan fingerprint density at radius 3 is 2.79 bits per heavy atom. The lowest BCUT2D eigenvalue weighted by atomic mass is 10.1. The highest BCUT2D eigenvalue weighted by molar-refractivity contribution is 8.28. The molecule has 2 aliphatic heterocycles. The number of amidine groups is 1. The number of benzene rings is 1. The second-order valence-corrected chi connectivity index (χ2v) is 8.51. The molecule has 0 radical (unpaired) electrons. The maximum absolute atomic E-state index is 11.5. The Morgan fingerprint density at radius 2 is 2.11 bits per heavy atom. The van der Waals surface area contributed by atoms with Crippen molar-refractivity contribution in [3.05, 3.63) is 36.0 Å². The van der Waals surface area contributed by atoms with Crippen LogP contribution in [0.5, 0.6) is 5.75 Å². The van der Waals surface area contributed by atoms with E-state index >= 15 is 0 Å². The molecular weight excluding hydrogens is 380 g/mol. The van der Waals surface area contributed by atoms with Crippen molar-refractivity contribution in [1.82, 2.24) is 9.88 Å². The molecule has 0 spiro atoms. The van der Waals surface area contributed by atoms with Crippen LogP contribution in [-0.4, -0.2) is 62.5 Å². The first-order valence-electron chi connectivity index (χ1n) is 8.94. The van der Waals surface area contributed by atoms with Crippen LogP contribution in [0.15, 0.2) is 35.5 Å². The number of nitrogens with zero attached hydrogens (tertiary/aromatic N) is 3. The zero-order chi connectivity index (χ0) is 19.7. The van der Waals surface area contributed by atoms with Crippen molar-refractivity contribution in [2.45, 2.75) is 18.9 Å². The fourth-order valence-electron chi connectivity index (χ4n) is 3.35. The normalized spacial score (nSPS) is 20.6. The third kappa shape index (κ3) is 3.84. The predicted octanol–water partition coefficient (Wildman–Crippen LogP) is 2.03. The SMILES string of the molecule is NC1=NC(=O)C/S1=C/c1ccc2nccc(OC3CCN(C(=O)O)CC3)c2c1. The largest absolute Gasteiger partial charge is 0.490 e. The summed E-state index contributed by atoms with van der Waals surface area (Å²) in [6.45, 7) is 0.939. The van der Waals surface area contributed by atoms with Crippen molar-refractivity contribution < 1.29 is 19.4 Å². The molecule has 9 heteroatoms. The van der Waals surface area contributed by atoms with Crippen molar-refractivity contribution in [1.29, 1.82) is 0 Å². The molecule has 1 unspecified atom stereocenters. The number of carboxylic acid groups (broad SMARTS) is 1. The van der Waals surface area contributed by atoms with Crippen molar-refractivity contribution in [2.24, 2.45) is 10.7 Å². The maximum atomic E-state index is 11.5. The molecule has 4 rings (SSSR count). The summed E-state index contributed by atoms with van der Waals surface area (Å²) in [5.41, 5.74) is 7.59. The second kappa shape index (κ2) is 7.59. The second-order valence-electron chi connectivity index (χ2n) is 6.71. The number of fused-ring (bicyclic) bond motifs is 1.